The number of β-amino-alcohol motifs (C(OH)–C–C–N with tert-alkyl or cyclic N) is 1. The van der Waals surface area contributed by atoms with Crippen LogP contribution in [0.25, 0.3) is 0 Å². The highest BCUT2D eigenvalue weighted by Crippen LogP contribution is 2.30. The van der Waals surface area contributed by atoms with Crippen LogP contribution in [0, 0.1) is 10.7 Å². The molecule has 72 valence electrons. The Morgan fingerprint density at radius 2 is 2.00 bits per heavy atom. The fourth-order valence-corrected chi connectivity index (χ4v) is 2.12. The molecule has 4 nitrogen and oxygen atoms in total. The lowest BCUT2D eigenvalue weighted by molar-refractivity contribution is -0.0920. The van der Waals surface area contributed by atoms with Crippen molar-refractivity contribution in [2.24, 2.45) is 5.92 Å². The Morgan fingerprint density at radius 1 is 1.58 bits per heavy atom. The van der Waals surface area contributed by atoms with E-state index >= 15 is 0 Å². The van der Waals surface area contributed by atoms with Crippen molar-refractivity contribution in [3.63, 3.8) is 0 Å². The fraction of sp³-hybridized carbons (Fsp3) is 1.00. The topological polar surface area (TPSA) is 64.4 Å². The van der Waals surface area contributed by atoms with Crippen molar-refractivity contribution in [3.8, 4) is 0 Å². The number of hydrogen-bond acceptors (Lipinski definition) is 3. The molecule has 1 heterocycles. The van der Waals surface area contributed by atoms with Crippen LogP contribution in [0.15, 0.2) is 0 Å². The summed E-state index contributed by atoms with van der Waals surface area (Å²) in [7, 11) is -2.60. The van der Waals surface area contributed by atoms with Crippen molar-refractivity contribution in [1.82, 2.24) is 4.31 Å². The van der Waals surface area contributed by atoms with Gasteiger partial charge in [0.25, 0.3) is 0 Å². The van der Waals surface area contributed by atoms with E-state index in [0.29, 0.717) is 13.1 Å². The number of rotatable bonds is 2. The summed E-state index contributed by atoms with van der Waals surface area (Å²) < 4.78 is 19.9. The molecule has 0 bridgehead atoms. The highest BCUT2D eigenvalue weighted by Gasteiger charge is 2.46. The fourth-order valence-electron chi connectivity index (χ4n) is 1.18. The molecule has 1 rings (SSSR count). The van der Waals surface area contributed by atoms with Gasteiger partial charge in [0.15, 0.2) is 0 Å². The number of aliphatic hydroxyl groups is 1. The summed E-state index contributed by atoms with van der Waals surface area (Å²) in [6, 6.07) is 0. The SMILES string of the molecule is CC(C)C1(O)CN(S(C)(=N)=O)C1. The summed E-state index contributed by atoms with van der Waals surface area (Å²) in [5.74, 6) is 0.162. The van der Waals surface area contributed by atoms with E-state index in [4.69, 9.17) is 4.78 Å². The van der Waals surface area contributed by atoms with Gasteiger partial charge in [0.1, 0.15) is 9.92 Å². The lowest BCUT2D eigenvalue weighted by Crippen LogP contribution is -2.65. The monoisotopic (exact) mass is 192 g/mol. The van der Waals surface area contributed by atoms with Gasteiger partial charge in [-0.25, -0.2) is 13.3 Å². The molecule has 1 atom stereocenters. The van der Waals surface area contributed by atoms with Gasteiger partial charge in [0, 0.05) is 19.3 Å². The van der Waals surface area contributed by atoms with Gasteiger partial charge >= 0.3 is 0 Å². The van der Waals surface area contributed by atoms with Crippen LogP contribution in [0.1, 0.15) is 13.8 Å². The molecule has 5 heteroatoms. The second-order valence-electron chi connectivity index (χ2n) is 3.86. The first-order valence-corrected chi connectivity index (χ1v) is 5.89. The molecule has 1 unspecified atom stereocenters. The quantitative estimate of drug-likeness (QED) is 0.660. The Kier molecular flexibility index (Phi) is 2.22. The van der Waals surface area contributed by atoms with Crippen LogP contribution in [0.2, 0.25) is 0 Å². The summed E-state index contributed by atoms with van der Waals surface area (Å²) >= 11 is 0. The molecular weight excluding hydrogens is 176 g/mol. The van der Waals surface area contributed by atoms with Gasteiger partial charge in [-0.15, -0.1) is 0 Å². The van der Waals surface area contributed by atoms with Gasteiger partial charge in [-0.05, 0) is 5.92 Å². The van der Waals surface area contributed by atoms with Crippen LogP contribution in [0.3, 0.4) is 0 Å². The zero-order chi connectivity index (χ0) is 9.57. The molecule has 1 fully saturated rings. The largest absolute Gasteiger partial charge is 0.387 e. The van der Waals surface area contributed by atoms with Gasteiger partial charge < -0.3 is 5.11 Å². The maximum atomic E-state index is 11.2. The summed E-state index contributed by atoms with van der Waals surface area (Å²) in [6.45, 7) is 4.59. The molecule has 1 aliphatic heterocycles. The first-order valence-electron chi connectivity index (χ1n) is 3.97. The summed E-state index contributed by atoms with van der Waals surface area (Å²) in [4.78, 5) is 0. The third-order valence-electron chi connectivity index (χ3n) is 2.47. The third-order valence-corrected chi connectivity index (χ3v) is 3.71. The van der Waals surface area contributed by atoms with Gasteiger partial charge in [-0.1, -0.05) is 13.8 Å². The molecule has 0 aromatic rings. The Bertz CT molecular complexity index is 265. The zero-order valence-corrected chi connectivity index (χ0v) is 8.52. The number of hydrogen-bond donors (Lipinski definition) is 2. The maximum Gasteiger partial charge on any atom is 0.105 e. The minimum atomic E-state index is -2.60. The minimum Gasteiger partial charge on any atom is -0.387 e. The van der Waals surface area contributed by atoms with E-state index in [0.717, 1.165) is 0 Å². The van der Waals surface area contributed by atoms with E-state index in [1.165, 1.54) is 10.6 Å². The molecule has 0 aliphatic carbocycles. The van der Waals surface area contributed by atoms with Crippen molar-refractivity contribution in [3.05, 3.63) is 0 Å². The Morgan fingerprint density at radius 3 is 2.25 bits per heavy atom. The Labute approximate surface area is 73.7 Å². The van der Waals surface area contributed by atoms with Crippen molar-refractivity contribution >= 4 is 9.92 Å². The number of nitrogens with one attached hydrogen (secondary N) is 1. The first kappa shape index (κ1) is 9.95. The number of nitrogens with zero attached hydrogens (tertiary/aromatic N) is 1. The Hall–Kier alpha value is -0.130. The molecule has 1 saturated heterocycles. The van der Waals surface area contributed by atoms with Crippen LogP contribution in [0.4, 0.5) is 0 Å². The van der Waals surface area contributed by atoms with Crippen molar-refractivity contribution < 1.29 is 9.32 Å². The maximum absolute atomic E-state index is 11.2. The van der Waals surface area contributed by atoms with Crippen LogP contribution < -0.4 is 0 Å². The van der Waals surface area contributed by atoms with Crippen molar-refractivity contribution in [2.75, 3.05) is 19.3 Å². The van der Waals surface area contributed by atoms with Gasteiger partial charge in [0.2, 0.25) is 0 Å². The molecule has 0 saturated carbocycles. The van der Waals surface area contributed by atoms with Gasteiger partial charge in [-0.2, -0.15) is 0 Å². The average molecular weight is 192 g/mol. The van der Waals surface area contributed by atoms with Crippen LogP contribution in [0.5, 0.6) is 0 Å². The average Bonchev–Trinajstić information content (AvgIpc) is 1.77. The van der Waals surface area contributed by atoms with Crippen LogP contribution in [-0.2, 0) is 9.92 Å². The normalized spacial score (nSPS) is 28.1. The molecule has 2 N–H and O–H groups in total. The molecule has 1 aliphatic rings. The molecule has 0 amide bonds. The van der Waals surface area contributed by atoms with E-state index in [9.17, 15) is 9.32 Å². The molecule has 0 aromatic heterocycles. The highest BCUT2D eigenvalue weighted by atomic mass is 32.2. The Balaban J connectivity index is 2.59. The van der Waals surface area contributed by atoms with Gasteiger partial charge in [-0.3, -0.25) is 0 Å². The molecule has 0 aromatic carbocycles. The standard InChI is InChI=1S/C7H16N2O2S/c1-6(2)7(10)4-9(5-7)12(3,8)11/h6,8,10H,4-5H2,1-3H3. The third kappa shape index (κ3) is 1.62. The molecule has 0 spiro atoms. The second kappa shape index (κ2) is 2.68. The first-order chi connectivity index (χ1) is 5.26. The summed E-state index contributed by atoms with van der Waals surface area (Å²) in [5.41, 5.74) is -0.722. The summed E-state index contributed by atoms with van der Waals surface area (Å²) in [6.07, 6.45) is 1.38. The lowest BCUT2D eigenvalue weighted by atomic mass is 9.85. The smallest absolute Gasteiger partial charge is 0.105 e. The lowest BCUT2D eigenvalue weighted by Gasteiger charge is -2.48. The minimum absolute atomic E-state index is 0.162. The van der Waals surface area contributed by atoms with E-state index in [1.807, 2.05) is 13.8 Å². The highest BCUT2D eigenvalue weighted by molar-refractivity contribution is 7.89. The van der Waals surface area contributed by atoms with E-state index in [-0.39, 0.29) is 5.92 Å². The molecular formula is C7H16N2O2S. The predicted octanol–water partition coefficient (Wildman–Crippen LogP) is 0.281. The zero-order valence-electron chi connectivity index (χ0n) is 7.70. The van der Waals surface area contributed by atoms with Crippen LogP contribution in [-0.4, -0.2) is 38.6 Å². The van der Waals surface area contributed by atoms with Gasteiger partial charge in [0.05, 0.1) is 5.60 Å². The summed E-state index contributed by atoms with van der Waals surface area (Å²) in [5, 5.41) is 9.77. The molecule has 0 radical (unpaired) electrons. The van der Waals surface area contributed by atoms with Crippen molar-refractivity contribution in [2.45, 2.75) is 19.4 Å². The molecule has 12 heavy (non-hydrogen) atoms. The predicted molar refractivity (Wildman–Crippen MR) is 48.1 cm³/mol. The van der Waals surface area contributed by atoms with E-state index in [2.05, 4.69) is 0 Å². The van der Waals surface area contributed by atoms with Crippen molar-refractivity contribution in [1.29, 1.82) is 4.78 Å². The van der Waals surface area contributed by atoms with E-state index in [1.54, 1.807) is 0 Å². The van der Waals surface area contributed by atoms with Crippen LogP contribution >= 0.6 is 0 Å². The second-order valence-corrected chi connectivity index (χ2v) is 5.98. The van der Waals surface area contributed by atoms with E-state index < -0.39 is 15.5 Å².